The van der Waals surface area contributed by atoms with E-state index in [9.17, 15) is 4.79 Å². The number of anilines is 3. The molecule has 2 N–H and O–H groups in total. The van der Waals surface area contributed by atoms with Crippen molar-refractivity contribution in [2.75, 3.05) is 10.6 Å². The molecule has 3 aromatic rings. The first kappa shape index (κ1) is 17.6. The third-order valence-corrected chi connectivity index (χ3v) is 4.78. The fourth-order valence-corrected chi connectivity index (χ4v) is 3.49. The number of benzene rings is 1. The van der Waals surface area contributed by atoms with Crippen LogP contribution in [0.5, 0.6) is 0 Å². The van der Waals surface area contributed by atoms with E-state index >= 15 is 0 Å². The Morgan fingerprint density at radius 1 is 1.20 bits per heavy atom. The van der Waals surface area contributed by atoms with Crippen LogP contribution in [0.25, 0.3) is 0 Å². The Morgan fingerprint density at radius 3 is 2.80 bits per heavy atom. The van der Waals surface area contributed by atoms with Crippen molar-refractivity contribution in [3.8, 4) is 0 Å². The Morgan fingerprint density at radius 2 is 2.04 bits per heavy atom. The number of nitrogens with zero attached hydrogens (tertiary/aromatic N) is 2. The molecule has 0 fully saturated rings. The van der Waals surface area contributed by atoms with Gasteiger partial charge in [0, 0.05) is 21.2 Å². The Kier molecular flexibility index (Phi) is 5.45. The van der Waals surface area contributed by atoms with Crippen molar-refractivity contribution in [1.82, 2.24) is 9.97 Å². The second-order valence-electron chi connectivity index (χ2n) is 5.62. The highest BCUT2D eigenvalue weighted by Crippen LogP contribution is 2.22. The van der Waals surface area contributed by atoms with Crippen LogP contribution < -0.4 is 10.6 Å². The average molecular weight is 417 g/mol. The van der Waals surface area contributed by atoms with Crippen molar-refractivity contribution in [2.24, 2.45) is 0 Å². The van der Waals surface area contributed by atoms with Gasteiger partial charge in [-0.05, 0) is 49.7 Å². The lowest BCUT2D eigenvalue weighted by Gasteiger charge is -2.08. The van der Waals surface area contributed by atoms with Gasteiger partial charge in [-0.2, -0.15) is 0 Å². The van der Waals surface area contributed by atoms with Gasteiger partial charge in [-0.1, -0.05) is 22.0 Å². The first-order valence-electron chi connectivity index (χ1n) is 7.71. The largest absolute Gasteiger partial charge is 0.326 e. The molecule has 5 nitrogen and oxygen atoms in total. The summed E-state index contributed by atoms with van der Waals surface area (Å²) in [4.78, 5) is 21.1. The number of carbonyl (C=O) groups is 1. The monoisotopic (exact) mass is 416 g/mol. The van der Waals surface area contributed by atoms with Crippen LogP contribution in [0.15, 0.2) is 46.3 Å². The average Bonchev–Trinajstić information content (AvgIpc) is 2.97. The molecule has 7 heteroatoms. The molecule has 3 rings (SSSR count). The molecule has 2 heterocycles. The standard InChI is InChI=1S/C18H17BrN4OS/c1-11-8-13(19)6-7-15(11)22-17(24)9-14-10-25-18(21-14)23-16-5-3-4-12(2)20-16/h3-8,10H,9H2,1-2H3,(H,22,24)(H,20,21,23). The number of hydrogen-bond donors (Lipinski definition) is 2. The molecule has 0 aliphatic heterocycles. The quantitative estimate of drug-likeness (QED) is 0.623. The predicted octanol–water partition coefficient (Wildman–Crippen LogP) is 4.84. The lowest BCUT2D eigenvalue weighted by molar-refractivity contribution is -0.115. The number of carbonyl (C=O) groups excluding carboxylic acids is 1. The Bertz CT molecular complexity index is 910. The van der Waals surface area contributed by atoms with Crippen LogP contribution in [0.1, 0.15) is 17.0 Å². The number of aryl methyl sites for hydroxylation is 2. The summed E-state index contributed by atoms with van der Waals surface area (Å²) in [7, 11) is 0. The number of hydrogen-bond acceptors (Lipinski definition) is 5. The van der Waals surface area contributed by atoms with Crippen LogP contribution in [0.2, 0.25) is 0 Å². The number of amides is 1. The number of nitrogens with one attached hydrogen (secondary N) is 2. The maximum absolute atomic E-state index is 12.2. The minimum atomic E-state index is -0.0871. The van der Waals surface area contributed by atoms with Gasteiger partial charge in [-0.3, -0.25) is 4.79 Å². The molecule has 0 aliphatic carbocycles. The molecule has 0 spiro atoms. The van der Waals surface area contributed by atoms with Crippen LogP contribution in [0.3, 0.4) is 0 Å². The van der Waals surface area contributed by atoms with Crippen molar-refractivity contribution in [1.29, 1.82) is 0 Å². The van der Waals surface area contributed by atoms with Crippen LogP contribution in [-0.4, -0.2) is 15.9 Å². The lowest BCUT2D eigenvalue weighted by atomic mass is 10.2. The number of rotatable bonds is 5. The van der Waals surface area contributed by atoms with Crippen LogP contribution in [0, 0.1) is 13.8 Å². The molecule has 0 radical (unpaired) electrons. The zero-order valence-corrected chi connectivity index (χ0v) is 16.2. The smallest absolute Gasteiger partial charge is 0.230 e. The molecule has 1 amide bonds. The Labute approximate surface area is 158 Å². The highest BCUT2D eigenvalue weighted by molar-refractivity contribution is 9.10. The molecule has 0 atom stereocenters. The number of thiazole rings is 1. The fraction of sp³-hybridized carbons (Fsp3) is 0.167. The van der Waals surface area contributed by atoms with Gasteiger partial charge in [0.15, 0.2) is 5.13 Å². The second-order valence-corrected chi connectivity index (χ2v) is 7.39. The normalized spacial score (nSPS) is 10.5. The maximum Gasteiger partial charge on any atom is 0.230 e. The van der Waals surface area contributed by atoms with Crippen molar-refractivity contribution in [2.45, 2.75) is 20.3 Å². The van der Waals surface area contributed by atoms with E-state index in [0.29, 0.717) is 0 Å². The highest BCUT2D eigenvalue weighted by Gasteiger charge is 2.10. The van der Waals surface area contributed by atoms with Gasteiger partial charge in [0.05, 0.1) is 12.1 Å². The maximum atomic E-state index is 12.2. The summed E-state index contributed by atoms with van der Waals surface area (Å²) in [5.41, 5.74) is 3.48. The summed E-state index contributed by atoms with van der Waals surface area (Å²) >= 11 is 4.87. The van der Waals surface area contributed by atoms with Gasteiger partial charge in [0.1, 0.15) is 5.82 Å². The minimum absolute atomic E-state index is 0.0871. The molecule has 128 valence electrons. The molecule has 0 saturated carbocycles. The van der Waals surface area contributed by atoms with Crippen molar-refractivity contribution < 1.29 is 4.79 Å². The summed E-state index contributed by atoms with van der Waals surface area (Å²) in [6.45, 7) is 3.90. The Balaban J connectivity index is 1.61. The van der Waals surface area contributed by atoms with Crippen molar-refractivity contribution in [3.63, 3.8) is 0 Å². The summed E-state index contributed by atoms with van der Waals surface area (Å²) in [5, 5.41) is 8.69. The predicted molar refractivity (Wildman–Crippen MR) is 106 cm³/mol. The second kappa shape index (κ2) is 7.76. The molecule has 2 aromatic heterocycles. The van der Waals surface area contributed by atoms with Gasteiger partial charge in [-0.25, -0.2) is 9.97 Å². The zero-order chi connectivity index (χ0) is 17.8. The van der Waals surface area contributed by atoms with E-state index < -0.39 is 0 Å². The van der Waals surface area contributed by atoms with E-state index in [4.69, 9.17) is 0 Å². The summed E-state index contributed by atoms with van der Waals surface area (Å²) in [6.07, 6.45) is 0.231. The molecule has 25 heavy (non-hydrogen) atoms. The van der Waals surface area contributed by atoms with Crippen LogP contribution in [0.4, 0.5) is 16.6 Å². The van der Waals surface area contributed by atoms with Gasteiger partial charge in [-0.15, -0.1) is 11.3 Å². The molecular weight excluding hydrogens is 400 g/mol. The molecule has 0 bridgehead atoms. The van der Waals surface area contributed by atoms with E-state index in [1.165, 1.54) is 11.3 Å². The third kappa shape index (κ3) is 4.87. The topological polar surface area (TPSA) is 66.9 Å². The van der Waals surface area contributed by atoms with Gasteiger partial charge in [0.2, 0.25) is 5.91 Å². The highest BCUT2D eigenvalue weighted by atomic mass is 79.9. The molecule has 0 saturated heterocycles. The van der Waals surface area contributed by atoms with Crippen LogP contribution >= 0.6 is 27.3 Å². The van der Waals surface area contributed by atoms with Crippen molar-refractivity contribution in [3.05, 3.63) is 63.2 Å². The zero-order valence-electron chi connectivity index (χ0n) is 13.8. The number of pyridine rings is 1. The number of aromatic nitrogens is 2. The molecule has 0 unspecified atom stereocenters. The molecule has 1 aromatic carbocycles. The third-order valence-electron chi connectivity index (χ3n) is 3.48. The van der Waals surface area contributed by atoms with E-state index in [1.54, 1.807) is 0 Å². The Hall–Kier alpha value is -2.25. The van der Waals surface area contributed by atoms with Gasteiger partial charge in [0.25, 0.3) is 0 Å². The van der Waals surface area contributed by atoms with Gasteiger partial charge >= 0.3 is 0 Å². The molecular formula is C18H17BrN4OS. The van der Waals surface area contributed by atoms with Gasteiger partial charge < -0.3 is 10.6 Å². The summed E-state index contributed by atoms with van der Waals surface area (Å²) in [6, 6.07) is 11.5. The summed E-state index contributed by atoms with van der Waals surface area (Å²) in [5.74, 6) is 0.659. The SMILES string of the molecule is Cc1cccc(Nc2nc(CC(=O)Nc3ccc(Br)cc3C)cs2)n1. The summed E-state index contributed by atoms with van der Waals surface area (Å²) < 4.78 is 0.989. The first-order chi connectivity index (χ1) is 12.0. The first-order valence-corrected chi connectivity index (χ1v) is 9.38. The van der Waals surface area contributed by atoms with E-state index in [2.05, 4.69) is 36.5 Å². The molecule has 0 aliphatic rings. The van der Waals surface area contributed by atoms with E-state index in [1.807, 2.05) is 55.6 Å². The van der Waals surface area contributed by atoms with E-state index in [-0.39, 0.29) is 12.3 Å². The van der Waals surface area contributed by atoms with Crippen LogP contribution in [-0.2, 0) is 11.2 Å². The number of halogens is 1. The van der Waals surface area contributed by atoms with Crippen molar-refractivity contribution >= 4 is 49.8 Å². The lowest BCUT2D eigenvalue weighted by Crippen LogP contribution is -2.15. The van der Waals surface area contributed by atoms with E-state index in [0.717, 1.165) is 38.1 Å². The fourth-order valence-electron chi connectivity index (χ4n) is 2.29. The minimum Gasteiger partial charge on any atom is -0.326 e.